The van der Waals surface area contributed by atoms with E-state index in [4.69, 9.17) is 16.7 Å². The fraction of sp³-hybridized carbons (Fsp3) is 0.125. The molecule has 0 unspecified atom stereocenters. The van der Waals surface area contributed by atoms with E-state index in [1.807, 2.05) is 0 Å². The molecule has 0 aliphatic rings. The molecule has 1 aromatic carbocycles. The normalized spacial score (nSPS) is 10.6. The Kier molecular flexibility index (Phi) is 2.47. The Balaban J connectivity index is 3.13. The van der Waals surface area contributed by atoms with Crippen molar-refractivity contribution in [2.75, 3.05) is 0 Å². The predicted molar refractivity (Wildman–Crippen MR) is 41.4 cm³/mol. The highest BCUT2D eigenvalue weighted by molar-refractivity contribution is 6.31. The number of hydrogen-bond acceptors (Lipinski definition) is 1. The van der Waals surface area contributed by atoms with Gasteiger partial charge in [-0.25, -0.2) is 4.39 Å². The molecule has 0 saturated carbocycles. The van der Waals surface area contributed by atoms with Crippen LogP contribution in [-0.4, -0.2) is 5.11 Å². The number of hydrogen-bond donors (Lipinski definition) is 1. The van der Waals surface area contributed by atoms with Crippen molar-refractivity contribution in [3.63, 3.8) is 0 Å². The maximum Gasteiger partial charge on any atom is 0.123 e. The van der Waals surface area contributed by atoms with Crippen molar-refractivity contribution < 1.29 is 9.50 Å². The Hall–Kier alpha value is -0.600. The molecule has 1 aromatic rings. The molecule has 1 rings (SSSR count). The third-order valence-corrected chi connectivity index (χ3v) is 1.65. The topological polar surface area (TPSA) is 20.2 Å². The summed E-state index contributed by atoms with van der Waals surface area (Å²) in [6, 6.07) is 3.85. The zero-order valence-corrected chi connectivity index (χ0v) is 6.69. The molecule has 0 aromatic heterocycles. The van der Waals surface area contributed by atoms with Gasteiger partial charge in [0.1, 0.15) is 11.9 Å². The van der Waals surface area contributed by atoms with Gasteiger partial charge in [0.15, 0.2) is 0 Å². The highest BCUT2D eigenvalue weighted by Crippen LogP contribution is 2.22. The third kappa shape index (κ3) is 1.91. The van der Waals surface area contributed by atoms with Crippen LogP contribution in [0.3, 0.4) is 0 Å². The number of rotatable bonds is 1. The van der Waals surface area contributed by atoms with Crippen molar-refractivity contribution >= 4 is 11.6 Å². The van der Waals surface area contributed by atoms with Gasteiger partial charge in [0.05, 0.1) is 0 Å². The average molecular weight is 174 g/mol. The summed E-state index contributed by atoms with van der Waals surface area (Å²) in [5, 5.41) is 9.35. The monoisotopic (exact) mass is 173 g/mol. The molecule has 0 bridgehead atoms. The molecule has 0 fully saturated rings. The van der Waals surface area contributed by atoms with E-state index in [0.29, 0.717) is 10.6 Å². The lowest BCUT2D eigenvalue weighted by Crippen LogP contribution is -1.93. The molecular weight excluding hydrogens is 167 g/mol. The summed E-state index contributed by atoms with van der Waals surface area (Å²) in [4.78, 5) is 0. The molecule has 1 nitrogen and oxygen atoms in total. The average Bonchev–Trinajstić information content (AvgIpc) is 1.94. The highest BCUT2D eigenvalue weighted by Gasteiger charge is 2.07. The maximum absolute atomic E-state index is 12.5. The second-order valence-electron chi connectivity index (χ2n) is 2.21. The van der Waals surface area contributed by atoms with E-state index in [0.717, 1.165) is 0 Å². The van der Waals surface area contributed by atoms with Gasteiger partial charge in [-0.1, -0.05) is 11.6 Å². The molecule has 0 spiro atoms. The molecule has 11 heavy (non-hydrogen) atoms. The third-order valence-electron chi connectivity index (χ3n) is 1.32. The lowest BCUT2D eigenvalue weighted by Gasteiger charge is -2.04. The van der Waals surface area contributed by atoms with Crippen molar-refractivity contribution in [3.05, 3.63) is 40.7 Å². The van der Waals surface area contributed by atoms with Crippen LogP contribution in [0.4, 0.5) is 4.39 Å². The van der Waals surface area contributed by atoms with Gasteiger partial charge in [-0.15, -0.1) is 0 Å². The van der Waals surface area contributed by atoms with E-state index in [1.54, 1.807) is 0 Å². The summed E-state index contributed by atoms with van der Waals surface area (Å²) in [7, 11) is 0. The van der Waals surface area contributed by atoms with Gasteiger partial charge >= 0.3 is 0 Å². The first-order chi connectivity index (χ1) is 5.11. The molecule has 0 atom stereocenters. The zero-order valence-electron chi connectivity index (χ0n) is 5.94. The number of aliphatic hydroxyl groups excluding tert-OH is 1. The summed E-state index contributed by atoms with van der Waals surface area (Å²) in [5.74, 6) is -0.405. The first-order valence-electron chi connectivity index (χ1n) is 3.09. The summed E-state index contributed by atoms with van der Waals surface area (Å²) in [5.41, 5.74) is 0.340. The van der Waals surface area contributed by atoms with Crippen molar-refractivity contribution in [1.82, 2.24) is 0 Å². The first kappa shape index (κ1) is 8.50. The summed E-state index contributed by atoms with van der Waals surface area (Å²) in [6.07, 6.45) is 0.0227. The van der Waals surface area contributed by atoms with Crippen LogP contribution in [0.5, 0.6) is 0 Å². The molecule has 1 N–H and O–H groups in total. The lowest BCUT2D eigenvalue weighted by molar-refractivity contribution is 0.340. The van der Waals surface area contributed by atoms with Crippen molar-refractivity contribution in [2.24, 2.45) is 0 Å². The Morgan fingerprint density at radius 2 is 2.18 bits per heavy atom. The number of halogens is 2. The van der Waals surface area contributed by atoms with Gasteiger partial charge in [0, 0.05) is 10.6 Å². The van der Waals surface area contributed by atoms with Crippen LogP contribution in [0.1, 0.15) is 12.5 Å². The van der Waals surface area contributed by atoms with Crippen LogP contribution >= 0.6 is 11.6 Å². The predicted octanol–water partition coefficient (Wildman–Crippen LogP) is 2.75. The van der Waals surface area contributed by atoms with Gasteiger partial charge < -0.3 is 5.11 Å². The molecule has 59 valence electrons. The molecule has 0 heterocycles. The smallest absolute Gasteiger partial charge is 0.123 e. The van der Waals surface area contributed by atoms with Crippen LogP contribution < -0.4 is 0 Å². The van der Waals surface area contributed by atoms with Crippen molar-refractivity contribution in [2.45, 2.75) is 6.92 Å². The van der Waals surface area contributed by atoms with Crippen LogP contribution in [0.2, 0.25) is 5.02 Å². The van der Waals surface area contributed by atoms with E-state index in [1.165, 1.54) is 25.1 Å². The maximum atomic E-state index is 12.5. The van der Waals surface area contributed by atoms with E-state index < -0.39 is 5.82 Å². The molecular formula is C8H7ClFO. The fourth-order valence-electron chi connectivity index (χ4n) is 0.775. The van der Waals surface area contributed by atoms with E-state index in [9.17, 15) is 4.39 Å². The Labute approximate surface area is 69.4 Å². The Morgan fingerprint density at radius 1 is 1.55 bits per heavy atom. The summed E-state index contributed by atoms with van der Waals surface area (Å²) in [6.45, 7) is 1.46. The molecule has 0 saturated heterocycles. The minimum atomic E-state index is -0.405. The van der Waals surface area contributed by atoms with E-state index in [-0.39, 0.29) is 6.10 Å². The number of benzene rings is 1. The first-order valence-corrected chi connectivity index (χ1v) is 3.47. The summed E-state index contributed by atoms with van der Waals surface area (Å²) >= 11 is 5.64. The quantitative estimate of drug-likeness (QED) is 0.693. The van der Waals surface area contributed by atoms with Gasteiger partial charge in [-0.2, -0.15) is 0 Å². The van der Waals surface area contributed by atoms with Crippen molar-refractivity contribution in [1.29, 1.82) is 0 Å². The van der Waals surface area contributed by atoms with Crippen molar-refractivity contribution in [3.8, 4) is 0 Å². The second kappa shape index (κ2) is 3.20. The zero-order chi connectivity index (χ0) is 8.43. The van der Waals surface area contributed by atoms with Gasteiger partial charge in [-0.3, -0.25) is 0 Å². The van der Waals surface area contributed by atoms with Crippen LogP contribution in [0, 0.1) is 11.9 Å². The Morgan fingerprint density at radius 3 is 2.64 bits per heavy atom. The largest absolute Gasteiger partial charge is 0.382 e. The van der Waals surface area contributed by atoms with Gasteiger partial charge in [0.2, 0.25) is 0 Å². The minimum Gasteiger partial charge on any atom is -0.382 e. The molecule has 1 radical (unpaired) electrons. The molecule has 0 aliphatic heterocycles. The molecule has 0 aliphatic carbocycles. The molecule has 0 amide bonds. The van der Waals surface area contributed by atoms with E-state index >= 15 is 0 Å². The number of aliphatic hydroxyl groups is 1. The van der Waals surface area contributed by atoms with Crippen LogP contribution in [-0.2, 0) is 0 Å². The minimum absolute atomic E-state index is 0.0227. The standard InChI is InChI=1S/C8H7ClFO/c1-5(11)7-4-6(10)2-3-8(7)9/h2-4,11H,1H3. The summed E-state index contributed by atoms with van der Waals surface area (Å²) < 4.78 is 12.5. The van der Waals surface area contributed by atoms with Crippen LogP contribution in [0.25, 0.3) is 0 Å². The van der Waals surface area contributed by atoms with Gasteiger partial charge in [0.25, 0.3) is 0 Å². The highest BCUT2D eigenvalue weighted by atomic mass is 35.5. The Bertz CT molecular complexity index is 260. The lowest BCUT2D eigenvalue weighted by atomic mass is 10.1. The second-order valence-corrected chi connectivity index (χ2v) is 2.62. The van der Waals surface area contributed by atoms with Crippen LogP contribution in [0.15, 0.2) is 18.2 Å². The van der Waals surface area contributed by atoms with Gasteiger partial charge in [-0.05, 0) is 25.1 Å². The molecule has 3 heteroatoms. The van der Waals surface area contributed by atoms with E-state index in [2.05, 4.69) is 0 Å². The fourth-order valence-corrected chi connectivity index (χ4v) is 1.03. The SMILES string of the molecule is C[C](O)c1cc(F)ccc1Cl.